The van der Waals surface area contributed by atoms with Crippen LogP contribution in [0.5, 0.6) is 0 Å². The average Bonchev–Trinajstić information content (AvgIpc) is 2.67. The van der Waals surface area contributed by atoms with Crippen LogP contribution in [-0.4, -0.2) is 36.0 Å². The molecule has 0 unspecified atom stereocenters. The van der Waals surface area contributed by atoms with Crippen LogP contribution in [0.3, 0.4) is 0 Å². The molecule has 2 fully saturated rings. The van der Waals surface area contributed by atoms with Crippen molar-refractivity contribution in [1.29, 1.82) is 0 Å². The number of piperidine rings is 1. The maximum absolute atomic E-state index is 12.6. The van der Waals surface area contributed by atoms with Crippen LogP contribution < -0.4 is 11.1 Å². The first-order chi connectivity index (χ1) is 11.7. The molecule has 1 saturated carbocycles. The number of rotatable bonds is 5. The van der Waals surface area contributed by atoms with Crippen molar-refractivity contribution >= 4 is 18.3 Å². The Bertz CT molecular complexity index is 534. The number of likely N-dealkylation sites (tertiary alicyclic amines) is 1. The molecule has 1 heterocycles. The Hall–Kier alpha value is -1.10. The summed E-state index contributed by atoms with van der Waals surface area (Å²) in [6, 6.07) is 7.64. The molecule has 3 rings (SSSR count). The molecule has 2 aliphatic rings. The van der Waals surface area contributed by atoms with Crippen LogP contribution in [0, 0.1) is 0 Å². The molecular formula is C20H32ClN3O. The van der Waals surface area contributed by atoms with Crippen molar-refractivity contribution < 1.29 is 4.79 Å². The zero-order valence-electron chi connectivity index (χ0n) is 15.1. The zero-order valence-corrected chi connectivity index (χ0v) is 16.0. The molecule has 0 aromatic heterocycles. The van der Waals surface area contributed by atoms with Crippen LogP contribution >= 0.6 is 12.4 Å². The minimum absolute atomic E-state index is 0. The van der Waals surface area contributed by atoms with Crippen molar-refractivity contribution in [1.82, 2.24) is 10.2 Å². The van der Waals surface area contributed by atoms with E-state index in [1.807, 2.05) is 24.3 Å². The highest BCUT2D eigenvalue weighted by atomic mass is 35.5. The van der Waals surface area contributed by atoms with E-state index in [0.29, 0.717) is 6.54 Å². The Balaban J connectivity index is 0.00000225. The molecule has 1 saturated heterocycles. The van der Waals surface area contributed by atoms with Gasteiger partial charge in [-0.1, -0.05) is 37.8 Å². The lowest BCUT2D eigenvalue weighted by Gasteiger charge is -2.48. The molecular weight excluding hydrogens is 334 g/mol. The molecule has 25 heavy (non-hydrogen) atoms. The summed E-state index contributed by atoms with van der Waals surface area (Å²) in [7, 11) is 0. The average molecular weight is 366 g/mol. The topological polar surface area (TPSA) is 58.4 Å². The van der Waals surface area contributed by atoms with Gasteiger partial charge >= 0.3 is 0 Å². The monoisotopic (exact) mass is 365 g/mol. The maximum atomic E-state index is 12.6. The lowest BCUT2D eigenvalue weighted by Crippen LogP contribution is -2.58. The van der Waals surface area contributed by atoms with Crippen LogP contribution in [0.15, 0.2) is 24.3 Å². The maximum Gasteiger partial charge on any atom is 0.251 e. The predicted molar refractivity (Wildman–Crippen MR) is 105 cm³/mol. The first-order valence-electron chi connectivity index (χ1n) is 9.56. The van der Waals surface area contributed by atoms with Crippen LogP contribution in [-0.2, 0) is 6.54 Å². The molecule has 0 radical (unpaired) electrons. The smallest absolute Gasteiger partial charge is 0.251 e. The molecule has 0 atom stereocenters. The van der Waals surface area contributed by atoms with Gasteiger partial charge in [0.1, 0.15) is 0 Å². The van der Waals surface area contributed by atoms with Crippen molar-refractivity contribution in [2.45, 2.75) is 63.5 Å². The molecule has 3 N–H and O–H groups in total. The summed E-state index contributed by atoms with van der Waals surface area (Å²) in [6.07, 6.45) is 10.3. The number of benzene rings is 1. The van der Waals surface area contributed by atoms with Gasteiger partial charge in [0.15, 0.2) is 0 Å². The van der Waals surface area contributed by atoms with Crippen LogP contribution in [0.4, 0.5) is 0 Å². The van der Waals surface area contributed by atoms with E-state index in [2.05, 4.69) is 10.2 Å². The number of carbonyl (C=O) groups excluding carboxylic acids is 1. The van der Waals surface area contributed by atoms with E-state index in [9.17, 15) is 4.79 Å². The molecule has 0 bridgehead atoms. The van der Waals surface area contributed by atoms with Gasteiger partial charge < -0.3 is 11.1 Å². The molecule has 0 spiro atoms. The Morgan fingerprint density at radius 2 is 1.60 bits per heavy atom. The number of nitrogens with zero attached hydrogens (tertiary/aromatic N) is 1. The summed E-state index contributed by atoms with van der Waals surface area (Å²) < 4.78 is 0. The molecule has 1 aromatic rings. The van der Waals surface area contributed by atoms with Crippen LogP contribution in [0.25, 0.3) is 0 Å². The molecule has 140 valence electrons. The first-order valence-corrected chi connectivity index (χ1v) is 9.56. The third kappa shape index (κ3) is 4.96. The SMILES string of the molecule is Cl.NCc1ccc(C(=O)NCC2(N3CCCCC3)CCCCC2)cc1. The molecule has 1 aromatic carbocycles. The highest BCUT2D eigenvalue weighted by molar-refractivity contribution is 5.94. The Kier molecular flexibility index (Phi) is 7.73. The van der Waals surface area contributed by atoms with E-state index in [1.165, 1.54) is 64.5 Å². The molecule has 1 amide bonds. The zero-order chi connectivity index (χ0) is 16.8. The summed E-state index contributed by atoms with van der Waals surface area (Å²) in [5.74, 6) is 0.0422. The van der Waals surface area contributed by atoms with Gasteiger partial charge in [0.05, 0.1) is 0 Å². The number of nitrogens with one attached hydrogen (secondary N) is 1. The van der Waals surface area contributed by atoms with Gasteiger partial charge in [-0.25, -0.2) is 0 Å². The number of amides is 1. The third-order valence-electron chi connectivity index (χ3n) is 5.84. The third-order valence-corrected chi connectivity index (χ3v) is 5.84. The highest BCUT2D eigenvalue weighted by Crippen LogP contribution is 2.35. The second kappa shape index (κ2) is 9.56. The summed E-state index contributed by atoms with van der Waals surface area (Å²) in [5, 5.41) is 3.23. The Morgan fingerprint density at radius 1 is 1.00 bits per heavy atom. The molecule has 1 aliphatic heterocycles. The molecule has 1 aliphatic carbocycles. The summed E-state index contributed by atoms with van der Waals surface area (Å²) in [4.78, 5) is 15.2. The number of hydrogen-bond donors (Lipinski definition) is 2. The minimum atomic E-state index is 0. The normalized spacial score (nSPS) is 20.5. The number of carbonyl (C=O) groups is 1. The fourth-order valence-electron chi connectivity index (χ4n) is 4.32. The lowest BCUT2D eigenvalue weighted by atomic mass is 9.79. The minimum Gasteiger partial charge on any atom is -0.350 e. The summed E-state index contributed by atoms with van der Waals surface area (Å²) in [5.41, 5.74) is 7.60. The largest absolute Gasteiger partial charge is 0.350 e. The number of nitrogens with two attached hydrogens (primary N) is 1. The van der Waals surface area contributed by atoms with Gasteiger partial charge in [-0.15, -0.1) is 12.4 Å². The molecule has 4 nitrogen and oxygen atoms in total. The van der Waals surface area contributed by atoms with Crippen molar-refractivity contribution in [3.8, 4) is 0 Å². The van der Waals surface area contributed by atoms with E-state index in [-0.39, 0.29) is 23.9 Å². The summed E-state index contributed by atoms with van der Waals surface area (Å²) in [6.45, 7) is 3.69. The number of halogens is 1. The first kappa shape index (κ1) is 20.2. The van der Waals surface area contributed by atoms with Crippen LogP contribution in [0.1, 0.15) is 67.3 Å². The van der Waals surface area contributed by atoms with Crippen molar-refractivity contribution in [2.75, 3.05) is 19.6 Å². The van der Waals surface area contributed by atoms with Gasteiger partial charge in [0.2, 0.25) is 0 Å². The Morgan fingerprint density at radius 3 is 2.20 bits per heavy atom. The fourth-order valence-corrected chi connectivity index (χ4v) is 4.32. The van der Waals surface area contributed by atoms with Gasteiger partial charge in [-0.05, 0) is 56.5 Å². The predicted octanol–water partition coefficient (Wildman–Crippen LogP) is 3.49. The Labute approximate surface area is 157 Å². The van der Waals surface area contributed by atoms with Crippen molar-refractivity contribution in [2.24, 2.45) is 5.73 Å². The number of hydrogen-bond acceptors (Lipinski definition) is 3. The second-order valence-corrected chi connectivity index (χ2v) is 7.42. The van der Waals surface area contributed by atoms with Gasteiger partial charge in [-0.3, -0.25) is 9.69 Å². The van der Waals surface area contributed by atoms with E-state index < -0.39 is 0 Å². The van der Waals surface area contributed by atoms with E-state index in [4.69, 9.17) is 5.73 Å². The fraction of sp³-hybridized carbons (Fsp3) is 0.650. The second-order valence-electron chi connectivity index (χ2n) is 7.42. The van der Waals surface area contributed by atoms with Gasteiger partial charge in [0, 0.05) is 24.2 Å². The highest BCUT2D eigenvalue weighted by Gasteiger charge is 2.38. The lowest BCUT2D eigenvalue weighted by molar-refractivity contribution is 0.0326. The molecule has 5 heteroatoms. The van der Waals surface area contributed by atoms with E-state index in [1.54, 1.807) is 0 Å². The summed E-state index contributed by atoms with van der Waals surface area (Å²) >= 11 is 0. The van der Waals surface area contributed by atoms with Crippen LogP contribution in [0.2, 0.25) is 0 Å². The van der Waals surface area contributed by atoms with E-state index in [0.717, 1.165) is 17.7 Å². The van der Waals surface area contributed by atoms with Gasteiger partial charge in [-0.2, -0.15) is 0 Å². The quantitative estimate of drug-likeness (QED) is 0.839. The van der Waals surface area contributed by atoms with E-state index >= 15 is 0 Å². The standard InChI is InChI=1S/C20H31N3O.ClH/c21-15-17-7-9-18(10-8-17)19(24)22-16-20(11-3-1-4-12-20)23-13-5-2-6-14-23;/h7-10H,1-6,11-16,21H2,(H,22,24);1H. The van der Waals surface area contributed by atoms with Crippen molar-refractivity contribution in [3.63, 3.8) is 0 Å². The van der Waals surface area contributed by atoms with Crippen molar-refractivity contribution in [3.05, 3.63) is 35.4 Å². The van der Waals surface area contributed by atoms with Gasteiger partial charge in [0.25, 0.3) is 5.91 Å².